The van der Waals surface area contributed by atoms with Crippen molar-refractivity contribution in [2.45, 2.75) is 30.7 Å². The minimum Gasteiger partial charge on any atom is -0.479 e. The first kappa shape index (κ1) is 17.3. The highest BCUT2D eigenvalue weighted by Crippen LogP contribution is 2.24. The Morgan fingerprint density at radius 3 is 2.28 bits per heavy atom. The molecule has 0 spiro atoms. The number of carboxylic acids is 1. The van der Waals surface area contributed by atoms with Gasteiger partial charge in [0, 0.05) is 0 Å². The molecule has 0 amide bonds. The van der Waals surface area contributed by atoms with Crippen molar-refractivity contribution in [1.29, 1.82) is 0 Å². The maximum absolute atomic E-state index is 12.3. The molecule has 2 aromatic carbocycles. The van der Waals surface area contributed by atoms with E-state index >= 15 is 0 Å². The lowest BCUT2D eigenvalue weighted by Crippen LogP contribution is -2.60. The van der Waals surface area contributed by atoms with Crippen molar-refractivity contribution in [3.05, 3.63) is 48.0 Å². The summed E-state index contributed by atoms with van der Waals surface area (Å²) in [7, 11) is 0. The molecular formula is C17H16O8. The van der Waals surface area contributed by atoms with Crippen LogP contribution in [0.3, 0.4) is 0 Å². The zero-order valence-electron chi connectivity index (χ0n) is 12.9. The number of aliphatic carboxylic acids is 1. The van der Waals surface area contributed by atoms with Gasteiger partial charge in [-0.25, -0.2) is 9.59 Å². The first-order valence-corrected chi connectivity index (χ1v) is 7.51. The number of rotatable bonds is 3. The second-order valence-corrected chi connectivity index (χ2v) is 5.70. The summed E-state index contributed by atoms with van der Waals surface area (Å²) < 4.78 is 9.91. The van der Waals surface area contributed by atoms with Crippen LogP contribution in [-0.2, 0) is 14.3 Å². The number of aliphatic hydroxyl groups excluding tert-OH is 3. The zero-order chi connectivity index (χ0) is 18.1. The first-order valence-electron chi connectivity index (χ1n) is 7.51. The quantitative estimate of drug-likeness (QED) is 0.565. The van der Waals surface area contributed by atoms with Crippen LogP contribution < -0.4 is 0 Å². The molecule has 132 valence electrons. The molecule has 8 nitrogen and oxygen atoms in total. The first-order chi connectivity index (χ1) is 11.9. The van der Waals surface area contributed by atoms with E-state index in [9.17, 15) is 24.9 Å². The Hall–Kier alpha value is -2.52. The van der Waals surface area contributed by atoms with E-state index in [1.807, 2.05) is 12.1 Å². The van der Waals surface area contributed by atoms with Crippen LogP contribution >= 0.6 is 0 Å². The van der Waals surface area contributed by atoms with Gasteiger partial charge in [-0.15, -0.1) is 0 Å². The molecule has 0 bridgehead atoms. The van der Waals surface area contributed by atoms with E-state index in [0.29, 0.717) is 0 Å². The molecule has 8 heteroatoms. The molecule has 0 aliphatic carbocycles. The molecule has 1 fully saturated rings. The second-order valence-electron chi connectivity index (χ2n) is 5.70. The lowest BCUT2D eigenvalue weighted by atomic mass is 9.99. The van der Waals surface area contributed by atoms with Crippen molar-refractivity contribution in [2.75, 3.05) is 0 Å². The fourth-order valence-electron chi connectivity index (χ4n) is 2.64. The van der Waals surface area contributed by atoms with Gasteiger partial charge in [0.15, 0.2) is 6.10 Å². The van der Waals surface area contributed by atoms with Gasteiger partial charge >= 0.3 is 11.9 Å². The van der Waals surface area contributed by atoms with Crippen molar-refractivity contribution < 1.29 is 39.5 Å². The third-order valence-corrected chi connectivity index (χ3v) is 4.02. The van der Waals surface area contributed by atoms with Crippen LogP contribution in [0, 0.1) is 0 Å². The predicted molar refractivity (Wildman–Crippen MR) is 83.7 cm³/mol. The molecule has 2 aromatic rings. The molecule has 25 heavy (non-hydrogen) atoms. The highest BCUT2D eigenvalue weighted by atomic mass is 16.7. The van der Waals surface area contributed by atoms with Crippen molar-refractivity contribution >= 4 is 22.7 Å². The Morgan fingerprint density at radius 2 is 1.60 bits per heavy atom. The fourth-order valence-corrected chi connectivity index (χ4v) is 2.64. The Labute approximate surface area is 141 Å². The molecule has 1 heterocycles. The van der Waals surface area contributed by atoms with Gasteiger partial charge < -0.3 is 29.9 Å². The predicted octanol–water partition coefficient (Wildman–Crippen LogP) is -0.111. The summed E-state index contributed by atoms with van der Waals surface area (Å²) in [5, 5.41) is 39.9. The van der Waals surface area contributed by atoms with Gasteiger partial charge in [0.25, 0.3) is 0 Å². The Bertz CT molecular complexity index is 804. The van der Waals surface area contributed by atoms with Crippen LogP contribution in [0.15, 0.2) is 42.5 Å². The minimum atomic E-state index is -1.84. The standard InChI is InChI=1S/C17H16O8/c18-11-12(19)14(15(21)22)24-17(13(11)20)25-16(23)10-6-5-8-3-1-2-4-9(8)7-10/h1-7,11-14,17-20H,(H,21,22)/t11-,12-,13+,14-,17-/m0/s1. The number of aliphatic hydroxyl groups is 3. The fraction of sp³-hybridized carbons (Fsp3) is 0.294. The van der Waals surface area contributed by atoms with Crippen LogP contribution in [0.1, 0.15) is 10.4 Å². The van der Waals surface area contributed by atoms with E-state index in [0.717, 1.165) is 10.8 Å². The minimum absolute atomic E-state index is 0.169. The lowest BCUT2D eigenvalue weighted by Gasteiger charge is -2.37. The molecule has 0 unspecified atom stereocenters. The van der Waals surface area contributed by atoms with Crippen LogP contribution in [0.2, 0.25) is 0 Å². The van der Waals surface area contributed by atoms with Crippen molar-refractivity contribution in [1.82, 2.24) is 0 Å². The largest absolute Gasteiger partial charge is 0.479 e. The average Bonchev–Trinajstić information content (AvgIpc) is 2.61. The van der Waals surface area contributed by atoms with E-state index in [-0.39, 0.29) is 5.56 Å². The van der Waals surface area contributed by atoms with E-state index in [4.69, 9.17) is 14.6 Å². The van der Waals surface area contributed by atoms with Gasteiger partial charge in [-0.05, 0) is 22.9 Å². The maximum Gasteiger partial charge on any atom is 0.340 e. The molecule has 1 aliphatic rings. The number of benzene rings is 2. The third-order valence-electron chi connectivity index (χ3n) is 4.02. The Morgan fingerprint density at radius 1 is 0.920 bits per heavy atom. The molecule has 4 N–H and O–H groups in total. The summed E-state index contributed by atoms with van der Waals surface area (Å²) in [4.78, 5) is 23.3. The van der Waals surface area contributed by atoms with Gasteiger partial charge in [-0.2, -0.15) is 0 Å². The monoisotopic (exact) mass is 348 g/mol. The molecule has 0 aromatic heterocycles. The normalized spacial score (nSPS) is 29.3. The summed E-state index contributed by atoms with van der Waals surface area (Å²) >= 11 is 0. The highest BCUT2D eigenvalue weighted by Gasteiger charge is 2.48. The zero-order valence-corrected chi connectivity index (χ0v) is 12.9. The molecule has 1 aliphatic heterocycles. The number of carbonyl (C=O) groups excluding carboxylic acids is 1. The molecule has 5 atom stereocenters. The number of carboxylic acid groups (broad SMARTS) is 1. The smallest absolute Gasteiger partial charge is 0.340 e. The molecular weight excluding hydrogens is 332 g/mol. The lowest BCUT2D eigenvalue weighted by molar-refractivity contribution is -0.278. The van der Waals surface area contributed by atoms with Gasteiger partial charge in [0.05, 0.1) is 5.56 Å². The SMILES string of the molecule is O=C(O[C@@H]1O[C@H](C(=O)O)[C@@H](O)[C@H](O)[C@H]1O)c1ccc2ccccc2c1. The van der Waals surface area contributed by atoms with Crippen molar-refractivity contribution in [2.24, 2.45) is 0 Å². The number of ether oxygens (including phenoxy) is 2. The van der Waals surface area contributed by atoms with E-state index in [1.165, 1.54) is 6.07 Å². The number of hydrogen-bond donors (Lipinski definition) is 4. The molecule has 0 saturated carbocycles. The number of esters is 1. The Kier molecular flexibility index (Phi) is 4.69. The van der Waals surface area contributed by atoms with Gasteiger partial charge in [0.2, 0.25) is 6.29 Å². The van der Waals surface area contributed by atoms with Crippen molar-refractivity contribution in [3.8, 4) is 0 Å². The van der Waals surface area contributed by atoms with Gasteiger partial charge in [-0.3, -0.25) is 0 Å². The summed E-state index contributed by atoms with van der Waals surface area (Å²) in [6.07, 6.45) is -9.01. The van der Waals surface area contributed by atoms with E-state index in [1.54, 1.807) is 24.3 Å². The van der Waals surface area contributed by atoms with Crippen LogP contribution in [-0.4, -0.2) is 63.1 Å². The highest BCUT2D eigenvalue weighted by molar-refractivity contribution is 5.95. The number of fused-ring (bicyclic) bond motifs is 1. The van der Waals surface area contributed by atoms with Gasteiger partial charge in [0.1, 0.15) is 18.3 Å². The van der Waals surface area contributed by atoms with Crippen LogP contribution in [0.25, 0.3) is 10.8 Å². The van der Waals surface area contributed by atoms with Crippen LogP contribution in [0.4, 0.5) is 0 Å². The van der Waals surface area contributed by atoms with Crippen LogP contribution in [0.5, 0.6) is 0 Å². The summed E-state index contributed by atoms with van der Waals surface area (Å²) in [6.45, 7) is 0. The van der Waals surface area contributed by atoms with E-state index < -0.39 is 42.6 Å². The summed E-state index contributed by atoms with van der Waals surface area (Å²) in [5.41, 5.74) is 0.169. The van der Waals surface area contributed by atoms with Gasteiger partial charge in [-0.1, -0.05) is 30.3 Å². The molecule has 1 saturated heterocycles. The molecule has 0 radical (unpaired) electrons. The van der Waals surface area contributed by atoms with Crippen molar-refractivity contribution in [3.63, 3.8) is 0 Å². The Balaban J connectivity index is 1.79. The third kappa shape index (κ3) is 3.33. The second kappa shape index (κ2) is 6.77. The average molecular weight is 348 g/mol. The summed E-state index contributed by atoms with van der Waals surface area (Å²) in [6, 6.07) is 12.1. The number of hydrogen-bond acceptors (Lipinski definition) is 7. The summed E-state index contributed by atoms with van der Waals surface area (Å²) in [5.74, 6) is -2.41. The maximum atomic E-state index is 12.3. The topological polar surface area (TPSA) is 134 Å². The van der Waals surface area contributed by atoms with E-state index in [2.05, 4.69) is 0 Å². The number of carbonyl (C=O) groups is 2. The molecule has 3 rings (SSSR count).